The molecule has 0 aliphatic carbocycles. The van der Waals surface area contributed by atoms with Crippen molar-refractivity contribution in [3.05, 3.63) is 34.5 Å². The van der Waals surface area contributed by atoms with Crippen molar-refractivity contribution in [2.75, 3.05) is 0 Å². The van der Waals surface area contributed by atoms with Gasteiger partial charge in [0, 0.05) is 11.8 Å². The van der Waals surface area contributed by atoms with Crippen LogP contribution in [-0.4, -0.2) is 5.78 Å². The highest BCUT2D eigenvalue weighted by Gasteiger charge is 2.10. The average Bonchev–Trinajstić information content (AvgIpc) is 2.51. The van der Waals surface area contributed by atoms with E-state index in [1.54, 1.807) is 6.92 Å². The summed E-state index contributed by atoms with van der Waals surface area (Å²) in [4.78, 5) is 11.0. The number of hydrogen-bond donors (Lipinski definition) is 0. The minimum absolute atomic E-state index is 0.108. The molecule has 0 aliphatic rings. The lowest BCUT2D eigenvalue weighted by Crippen LogP contribution is -1.96. The highest BCUT2D eigenvalue weighted by molar-refractivity contribution is 6.36. The maximum atomic E-state index is 11.0. The van der Waals surface area contributed by atoms with E-state index in [1.807, 2.05) is 25.1 Å². The Morgan fingerprint density at radius 3 is 2.87 bits per heavy atom. The van der Waals surface area contributed by atoms with Gasteiger partial charge in [-0.1, -0.05) is 17.7 Å². The van der Waals surface area contributed by atoms with Gasteiger partial charge in [0.25, 0.3) is 0 Å². The summed E-state index contributed by atoms with van der Waals surface area (Å²) in [7, 11) is 0. The summed E-state index contributed by atoms with van der Waals surface area (Å²) in [5.41, 5.74) is 1.63. The maximum Gasteiger partial charge on any atom is 0.135 e. The van der Waals surface area contributed by atoms with Crippen LogP contribution in [0.5, 0.6) is 0 Å². The molecular weight excluding hydrogens is 212 g/mol. The summed E-state index contributed by atoms with van der Waals surface area (Å²) in [6.07, 6.45) is 0.374. The molecule has 0 fully saturated rings. The molecule has 15 heavy (non-hydrogen) atoms. The van der Waals surface area contributed by atoms with Crippen molar-refractivity contribution in [3.63, 3.8) is 0 Å². The molecule has 0 aliphatic heterocycles. The first kappa shape index (κ1) is 10.2. The van der Waals surface area contributed by atoms with E-state index in [0.717, 1.165) is 22.3 Å². The number of ketones is 1. The zero-order chi connectivity index (χ0) is 11.0. The smallest absolute Gasteiger partial charge is 0.135 e. The number of Topliss-reactive ketones (excluding diaryl/α,β-unsaturated/α-hetero) is 1. The predicted molar refractivity (Wildman–Crippen MR) is 60.3 cm³/mol. The third-order valence-corrected chi connectivity index (χ3v) is 2.72. The van der Waals surface area contributed by atoms with E-state index in [4.69, 9.17) is 16.0 Å². The standard InChI is InChI=1S/C12H11ClO2/c1-7(14)5-9-3-4-11-10(12(9)13)6-8(2)15-11/h3-4,6H,5H2,1-2H3. The molecule has 1 aromatic carbocycles. The lowest BCUT2D eigenvalue weighted by Gasteiger charge is -2.01. The molecule has 3 heteroatoms. The van der Waals surface area contributed by atoms with Crippen molar-refractivity contribution in [2.45, 2.75) is 20.3 Å². The first-order valence-corrected chi connectivity index (χ1v) is 5.12. The minimum Gasteiger partial charge on any atom is -0.461 e. The van der Waals surface area contributed by atoms with Crippen molar-refractivity contribution in [1.82, 2.24) is 0 Å². The average molecular weight is 223 g/mol. The summed E-state index contributed by atoms with van der Waals surface area (Å²) >= 11 is 6.19. The van der Waals surface area contributed by atoms with E-state index < -0.39 is 0 Å². The summed E-state index contributed by atoms with van der Waals surface area (Å²) in [6, 6.07) is 5.59. The first-order chi connectivity index (χ1) is 7.08. The highest BCUT2D eigenvalue weighted by atomic mass is 35.5. The van der Waals surface area contributed by atoms with Crippen molar-refractivity contribution in [3.8, 4) is 0 Å². The fraction of sp³-hybridized carbons (Fsp3) is 0.250. The maximum absolute atomic E-state index is 11.0. The molecule has 0 unspecified atom stereocenters. The third-order valence-electron chi connectivity index (χ3n) is 2.28. The van der Waals surface area contributed by atoms with Crippen LogP contribution in [0.25, 0.3) is 11.0 Å². The minimum atomic E-state index is 0.108. The SMILES string of the molecule is CC(=O)Cc1ccc2oc(C)cc2c1Cl. The van der Waals surface area contributed by atoms with Gasteiger partial charge >= 0.3 is 0 Å². The fourth-order valence-corrected chi connectivity index (χ4v) is 1.93. The number of aryl methyl sites for hydroxylation is 1. The van der Waals surface area contributed by atoms with E-state index in [9.17, 15) is 4.79 Å². The molecule has 78 valence electrons. The van der Waals surface area contributed by atoms with Gasteiger partial charge in [0.1, 0.15) is 17.1 Å². The Morgan fingerprint density at radius 1 is 1.47 bits per heavy atom. The van der Waals surface area contributed by atoms with E-state index in [0.29, 0.717) is 11.4 Å². The van der Waals surface area contributed by atoms with Gasteiger partial charge in [-0.15, -0.1) is 0 Å². The molecule has 0 amide bonds. The van der Waals surface area contributed by atoms with Crippen LogP contribution in [0.2, 0.25) is 5.02 Å². The van der Waals surface area contributed by atoms with Gasteiger partial charge in [-0.3, -0.25) is 4.79 Å². The van der Waals surface area contributed by atoms with Crippen LogP contribution in [0.3, 0.4) is 0 Å². The second kappa shape index (κ2) is 3.70. The molecule has 0 spiro atoms. The topological polar surface area (TPSA) is 30.2 Å². The molecule has 2 nitrogen and oxygen atoms in total. The van der Waals surface area contributed by atoms with Crippen LogP contribution in [0, 0.1) is 6.92 Å². The van der Waals surface area contributed by atoms with Crippen LogP contribution in [0.15, 0.2) is 22.6 Å². The Bertz CT molecular complexity index is 526. The molecular formula is C12H11ClO2. The lowest BCUT2D eigenvalue weighted by atomic mass is 10.1. The van der Waals surface area contributed by atoms with Crippen molar-refractivity contribution < 1.29 is 9.21 Å². The van der Waals surface area contributed by atoms with Gasteiger partial charge in [-0.2, -0.15) is 0 Å². The van der Waals surface area contributed by atoms with Gasteiger partial charge in [-0.05, 0) is 31.5 Å². The van der Waals surface area contributed by atoms with Crippen molar-refractivity contribution >= 4 is 28.4 Å². The van der Waals surface area contributed by atoms with Crippen molar-refractivity contribution in [1.29, 1.82) is 0 Å². The lowest BCUT2D eigenvalue weighted by molar-refractivity contribution is -0.116. The van der Waals surface area contributed by atoms with Gasteiger partial charge in [0.15, 0.2) is 0 Å². The van der Waals surface area contributed by atoms with Crippen molar-refractivity contribution in [2.24, 2.45) is 0 Å². The van der Waals surface area contributed by atoms with E-state index in [2.05, 4.69) is 0 Å². The number of furan rings is 1. The quantitative estimate of drug-likeness (QED) is 0.778. The van der Waals surface area contributed by atoms with Gasteiger partial charge in [-0.25, -0.2) is 0 Å². The largest absolute Gasteiger partial charge is 0.461 e. The predicted octanol–water partition coefficient (Wildman–Crippen LogP) is 3.53. The molecule has 1 heterocycles. The van der Waals surface area contributed by atoms with Gasteiger partial charge in [0.2, 0.25) is 0 Å². The number of rotatable bonds is 2. The van der Waals surface area contributed by atoms with Gasteiger partial charge < -0.3 is 4.42 Å². The number of carbonyl (C=O) groups excluding carboxylic acids is 1. The molecule has 0 N–H and O–H groups in total. The number of benzene rings is 1. The summed E-state index contributed by atoms with van der Waals surface area (Å²) in [5.74, 6) is 0.934. The summed E-state index contributed by atoms with van der Waals surface area (Å²) in [5, 5.41) is 1.51. The Labute approximate surface area is 92.8 Å². The van der Waals surface area contributed by atoms with Crippen LogP contribution in [-0.2, 0) is 11.2 Å². The Kier molecular flexibility index (Phi) is 2.53. The Morgan fingerprint density at radius 2 is 2.20 bits per heavy atom. The number of halogens is 1. The molecule has 2 aromatic rings. The second-order valence-electron chi connectivity index (χ2n) is 3.69. The number of hydrogen-bond acceptors (Lipinski definition) is 2. The first-order valence-electron chi connectivity index (χ1n) is 4.75. The fourth-order valence-electron chi connectivity index (χ4n) is 1.65. The monoisotopic (exact) mass is 222 g/mol. The molecule has 0 saturated heterocycles. The molecule has 0 saturated carbocycles. The van der Waals surface area contributed by atoms with Crippen LogP contribution >= 0.6 is 11.6 Å². The van der Waals surface area contributed by atoms with E-state index in [1.165, 1.54) is 0 Å². The zero-order valence-corrected chi connectivity index (χ0v) is 9.39. The Balaban J connectivity index is 2.58. The van der Waals surface area contributed by atoms with E-state index in [-0.39, 0.29) is 5.78 Å². The molecule has 0 atom stereocenters. The molecule has 2 rings (SSSR count). The Hall–Kier alpha value is -1.28. The van der Waals surface area contributed by atoms with Crippen LogP contribution in [0.1, 0.15) is 18.2 Å². The summed E-state index contributed by atoms with van der Waals surface area (Å²) < 4.78 is 5.44. The number of carbonyl (C=O) groups is 1. The van der Waals surface area contributed by atoms with E-state index >= 15 is 0 Å². The zero-order valence-electron chi connectivity index (χ0n) is 8.63. The highest BCUT2D eigenvalue weighted by Crippen LogP contribution is 2.30. The van der Waals surface area contributed by atoms with Crippen LogP contribution in [0.4, 0.5) is 0 Å². The molecule has 1 aromatic heterocycles. The third kappa shape index (κ3) is 1.90. The molecule has 0 bridgehead atoms. The van der Waals surface area contributed by atoms with Crippen LogP contribution < -0.4 is 0 Å². The normalized spacial score (nSPS) is 10.9. The number of fused-ring (bicyclic) bond motifs is 1. The summed E-state index contributed by atoms with van der Waals surface area (Å²) in [6.45, 7) is 3.43. The van der Waals surface area contributed by atoms with Gasteiger partial charge in [0.05, 0.1) is 5.02 Å². The second-order valence-corrected chi connectivity index (χ2v) is 4.06. The molecule has 0 radical (unpaired) electrons.